The van der Waals surface area contributed by atoms with Crippen molar-refractivity contribution >= 4 is 5.97 Å². The van der Waals surface area contributed by atoms with Crippen molar-refractivity contribution in [2.45, 2.75) is 44.5 Å². The molecule has 5 heteroatoms. The Bertz CT molecular complexity index is 775. The second kappa shape index (κ2) is 7.08. The van der Waals surface area contributed by atoms with Crippen LogP contribution in [0, 0.1) is 11.7 Å². The van der Waals surface area contributed by atoms with E-state index in [2.05, 4.69) is 4.90 Å². The van der Waals surface area contributed by atoms with E-state index in [1.165, 1.54) is 17.7 Å². The highest BCUT2D eigenvalue weighted by Gasteiger charge is 2.48. The van der Waals surface area contributed by atoms with E-state index in [1.54, 1.807) is 12.1 Å². The Morgan fingerprint density at radius 2 is 1.77 bits per heavy atom. The number of carbonyl (C=O) groups is 1. The van der Waals surface area contributed by atoms with Gasteiger partial charge in [0.05, 0.1) is 5.92 Å². The van der Waals surface area contributed by atoms with E-state index in [0.29, 0.717) is 12.6 Å². The topological polar surface area (TPSA) is 49.8 Å². The number of nitrogens with zero attached hydrogens (tertiary/aromatic N) is 1. The van der Waals surface area contributed by atoms with Gasteiger partial charge >= 0.3 is 5.97 Å². The molecule has 0 spiro atoms. The number of benzene rings is 2. The maximum atomic E-state index is 12.9. The summed E-state index contributed by atoms with van der Waals surface area (Å²) in [4.78, 5) is 13.7. The molecule has 4 rings (SSSR count). The van der Waals surface area contributed by atoms with Gasteiger partial charge in [0.2, 0.25) is 0 Å². The molecule has 0 amide bonds. The molecular formula is C21H22FNO3. The van der Waals surface area contributed by atoms with Crippen LogP contribution in [0.3, 0.4) is 0 Å². The van der Waals surface area contributed by atoms with Gasteiger partial charge in [0.25, 0.3) is 0 Å². The minimum Gasteiger partial charge on any atom is -0.489 e. The van der Waals surface area contributed by atoms with Gasteiger partial charge in [0, 0.05) is 18.6 Å². The SMILES string of the molecule is O=C(O)C1CC2CCC1N2Cc1ccc(OCc2ccc(F)cc2)cc1. The normalized spacial score (nSPS) is 24.7. The van der Waals surface area contributed by atoms with Crippen LogP contribution in [0.4, 0.5) is 4.39 Å². The molecule has 2 fully saturated rings. The highest BCUT2D eigenvalue weighted by molar-refractivity contribution is 5.71. The van der Waals surface area contributed by atoms with Crippen molar-refractivity contribution < 1.29 is 19.0 Å². The first kappa shape index (κ1) is 17.0. The minimum absolute atomic E-state index is 0.173. The van der Waals surface area contributed by atoms with Crippen molar-refractivity contribution in [3.05, 3.63) is 65.5 Å². The maximum absolute atomic E-state index is 12.9. The number of halogens is 1. The van der Waals surface area contributed by atoms with Crippen LogP contribution in [0.2, 0.25) is 0 Å². The van der Waals surface area contributed by atoms with Crippen LogP contribution >= 0.6 is 0 Å². The highest BCUT2D eigenvalue weighted by atomic mass is 19.1. The molecule has 3 atom stereocenters. The summed E-state index contributed by atoms with van der Waals surface area (Å²) in [6.07, 6.45) is 2.87. The fourth-order valence-electron chi connectivity index (χ4n) is 4.26. The smallest absolute Gasteiger partial charge is 0.308 e. The quantitative estimate of drug-likeness (QED) is 0.855. The maximum Gasteiger partial charge on any atom is 0.308 e. The van der Waals surface area contributed by atoms with Crippen LogP contribution in [0.25, 0.3) is 0 Å². The molecule has 4 nitrogen and oxygen atoms in total. The summed E-state index contributed by atoms with van der Waals surface area (Å²) in [6, 6.07) is 14.8. The molecule has 2 aliphatic rings. The van der Waals surface area contributed by atoms with Gasteiger partial charge < -0.3 is 9.84 Å². The first-order valence-corrected chi connectivity index (χ1v) is 9.05. The molecule has 2 aromatic carbocycles. The van der Waals surface area contributed by atoms with Crippen molar-refractivity contribution in [2.75, 3.05) is 0 Å². The lowest BCUT2D eigenvalue weighted by molar-refractivity contribution is -0.142. The van der Waals surface area contributed by atoms with Gasteiger partial charge in [-0.25, -0.2) is 4.39 Å². The summed E-state index contributed by atoms with van der Waals surface area (Å²) in [5.74, 6) is -0.358. The van der Waals surface area contributed by atoms with Gasteiger partial charge in [-0.3, -0.25) is 9.69 Å². The van der Waals surface area contributed by atoms with Gasteiger partial charge in [-0.05, 0) is 54.7 Å². The van der Waals surface area contributed by atoms with Crippen molar-refractivity contribution in [1.29, 1.82) is 0 Å². The Morgan fingerprint density at radius 1 is 1.08 bits per heavy atom. The molecule has 0 radical (unpaired) electrons. The molecule has 2 heterocycles. The summed E-state index contributed by atoms with van der Waals surface area (Å²) >= 11 is 0. The number of hydrogen-bond acceptors (Lipinski definition) is 3. The first-order chi connectivity index (χ1) is 12.6. The summed E-state index contributed by atoms with van der Waals surface area (Å²) in [6.45, 7) is 1.19. The Balaban J connectivity index is 1.35. The van der Waals surface area contributed by atoms with E-state index >= 15 is 0 Å². The van der Waals surface area contributed by atoms with E-state index in [-0.39, 0.29) is 17.8 Å². The van der Waals surface area contributed by atoms with E-state index < -0.39 is 5.97 Å². The average molecular weight is 355 g/mol. The Kier molecular flexibility index (Phi) is 4.64. The van der Waals surface area contributed by atoms with Crippen LogP contribution in [0.5, 0.6) is 5.75 Å². The molecule has 136 valence electrons. The molecule has 2 bridgehead atoms. The fraction of sp³-hybridized carbons (Fsp3) is 0.381. The predicted octanol–water partition coefficient (Wildman–Crippen LogP) is 3.84. The van der Waals surface area contributed by atoms with E-state index in [1.807, 2.05) is 24.3 Å². The fourth-order valence-corrected chi connectivity index (χ4v) is 4.26. The van der Waals surface area contributed by atoms with Gasteiger partial charge in [-0.2, -0.15) is 0 Å². The molecule has 2 aliphatic heterocycles. The molecule has 0 aromatic heterocycles. The third kappa shape index (κ3) is 3.44. The zero-order chi connectivity index (χ0) is 18.1. The number of ether oxygens (including phenoxy) is 1. The predicted molar refractivity (Wildman–Crippen MR) is 95.3 cm³/mol. The van der Waals surface area contributed by atoms with Crippen molar-refractivity contribution in [3.63, 3.8) is 0 Å². The standard InChI is InChI=1S/C21H22FNO3/c22-16-5-1-15(2-6-16)13-26-18-8-3-14(4-9-18)12-23-17-7-10-20(23)19(11-17)21(24)25/h1-6,8-9,17,19-20H,7,10-13H2,(H,24,25). The highest BCUT2D eigenvalue weighted by Crippen LogP contribution is 2.42. The Labute approximate surface area is 152 Å². The zero-order valence-corrected chi connectivity index (χ0v) is 14.5. The minimum atomic E-state index is -0.660. The third-order valence-corrected chi connectivity index (χ3v) is 5.61. The van der Waals surface area contributed by atoms with Gasteiger partial charge in [0.1, 0.15) is 18.2 Å². The van der Waals surface area contributed by atoms with Crippen molar-refractivity contribution in [2.24, 2.45) is 5.92 Å². The van der Waals surface area contributed by atoms with Crippen LogP contribution in [0.1, 0.15) is 30.4 Å². The van der Waals surface area contributed by atoms with E-state index in [4.69, 9.17) is 4.74 Å². The van der Waals surface area contributed by atoms with Gasteiger partial charge in [-0.15, -0.1) is 0 Å². The summed E-state index contributed by atoms with van der Waals surface area (Å²) in [5.41, 5.74) is 2.09. The number of fused-ring (bicyclic) bond motifs is 2. The lowest BCUT2D eigenvalue weighted by Crippen LogP contribution is -2.32. The summed E-state index contributed by atoms with van der Waals surface area (Å²) in [5, 5.41) is 9.36. The molecular weight excluding hydrogens is 333 g/mol. The number of hydrogen-bond donors (Lipinski definition) is 1. The zero-order valence-electron chi connectivity index (χ0n) is 14.5. The average Bonchev–Trinajstić information content (AvgIpc) is 3.19. The molecule has 0 aliphatic carbocycles. The van der Waals surface area contributed by atoms with Gasteiger partial charge in [-0.1, -0.05) is 24.3 Å². The number of rotatable bonds is 6. The molecule has 2 saturated heterocycles. The second-order valence-electron chi connectivity index (χ2n) is 7.21. The monoisotopic (exact) mass is 355 g/mol. The Hall–Kier alpha value is -2.40. The lowest BCUT2D eigenvalue weighted by atomic mass is 9.89. The summed E-state index contributed by atoms with van der Waals surface area (Å²) < 4.78 is 18.7. The number of carboxylic acid groups (broad SMARTS) is 1. The van der Waals surface area contributed by atoms with Crippen LogP contribution < -0.4 is 4.74 Å². The molecule has 2 aromatic rings. The van der Waals surface area contributed by atoms with Crippen LogP contribution in [-0.4, -0.2) is 28.1 Å². The Morgan fingerprint density at radius 3 is 2.42 bits per heavy atom. The number of aliphatic carboxylic acids is 1. The third-order valence-electron chi connectivity index (χ3n) is 5.61. The largest absolute Gasteiger partial charge is 0.489 e. The van der Waals surface area contributed by atoms with Gasteiger partial charge in [0.15, 0.2) is 0 Å². The molecule has 26 heavy (non-hydrogen) atoms. The van der Waals surface area contributed by atoms with Crippen LogP contribution in [-0.2, 0) is 17.9 Å². The van der Waals surface area contributed by atoms with E-state index in [0.717, 1.165) is 37.1 Å². The van der Waals surface area contributed by atoms with Crippen LogP contribution in [0.15, 0.2) is 48.5 Å². The van der Waals surface area contributed by atoms with Crippen molar-refractivity contribution in [3.8, 4) is 5.75 Å². The first-order valence-electron chi connectivity index (χ1n) is 9.05. The van der Waals surface area contributed by atoms with E-state index in [9.17, 15) is 14.3 Å². The number of carboxylic acids is 1. The summed E-state index contributed by atoms with van der Waals surface area (Å²) in [7, 11) is 0. The molecule has 1 N–H and O–H groups in total. The second-order valence-corrected chi connectivity index (χ2v) is 7.21. The lowest BCUT2D eigenvalue weighted by Gasteiger charge is -2.22. The van der Waals surface area contributed by atoms with Crippen molar-refractivity contribution in [1.82, 2.24) is 4.90 Å². The molecule has 0 saturated carbocycles. The molecule has 3 unspecified atom stereocenters.